The van der Waals surface area contributed by atoms with Crippen LogP contribution in [0.3, 0.4) is 0 Å². The average molecular weight is 407 g/mol. The molecule has 1 aliphatic heterocycles. The van der Waals surface area contributed by atoms with E-state index in [1.54, 1.807) is 32.9 Å². The van der Waals surface area contributed by atoms with Gasteiger partial charge in [0, 0.05) is 19.6 Å². The van der Waals surface area contributed by atoms with Crippen molar-refractivity contribution in [1.82, 2.24) is 9.62 Å². The second-order valence-electron chi connectivity index (χ2n) is 7.75. The smallest absolute Gasteiger partial charge is 0.407 e. The van der Waals surface area contributed by atoms with Gasteiger partial charge in [-0.05, 0) is 43.7 Å². The topological polar surface area (TPSA) is 84.9 Å². The summed E-state index contributed by atoms with van der Waals surface area (Å²) in [6.45, 7) is 6.24. The zero-order valence-electron chi connectivity index (χ0n) is 16.3. The number of nitrogens with one attached hydrogen (secondary N) is 1. The van der Waals surface area contributed by atoms with E-state index in [1.165, 1.54) is 4.31 Å². The SMILES string of the molecule is CC(C)(C)OC(=O)NCC1CN(S(=O)(=O)c2ccc3ccccc3c2)CCO1. The predicted molar refractivity (Wildman–Crippen MR) is 107 cm³/mol. The summed E-state index contributed by atoms with van der Waals surface area (Å²) in [6, 6.07) is 12.8. The summed E-state index contributed by atoms with van der Waals surface area (Å²) >= 11 is 0. The molecule has 152 valence electrons. The van der Waals surface area contributed by atoms with Gasteiger partial charge in [0.1, 0.15) is 5.60 Å². The number of hydrogen-bond acceptors (Lipinski definition) is 5. The van der Waals surface area contributed by atoms with Gasteiger partial charge in [0.15, 0.2) is 0 Å². The Morgan fingerprint density at radius 2 is 1.93 bits per heavy atom. The van der Waals surface area contributed by atoms with Crippen LogP contribution in [0.15, 0.2) is 47.4 Å². The summed E-state index contributed by atoms with van der Waals surface area (Å²) in [4.78, 5) is 12.1. The van der Waals surface area contributed by atoms with Crippen LogP contribution >= 0.6 is 0 Å². The first kappa shape index (κ1) is 20.6. The molecule has 7 nitrogen and oxygen atoms in total. The lowest BCUT2D eigenvalue weighted by atomic mass is 10.1. The van der Waals surface area contributed by atoms with Crippen molar-refractivity contribution in [2.75, 3.05) is 26.2 Å². The van der Waals surface area contributed by atoms with Crippen molar-refractivity contribution in [2.24, 2.45) is 0 Å². The van der Waals surface area contributed by atoms with E-state index in [2.05, 4.69) is 5.32 Å². The molecule has 2 aromatic rings. The Hall–Kier alpha value is -2.16. The van der Waals surface area contributed by atoms with Crippen LogP contribution in [-0.2, 0) is 19.5 Å². The number of sulfonamides is 1. The summed E-state index contributed by atoms with van der Waals surface area (Å²) < 4.78 is 38.3. The fraction of sp³-hybridized carbons (Fsp3) is 0.450. The highest BCUT2D eigenvalue weighted by Crippen LogP contribution is 2.23. The van der Waals surface area contributed by atoms with E-state index < -0.39 is 27.8 Å². The molecule has 1 amide bonds. The van der Waals surface area contributed by atoms with Crippen molar-refractivity contribution < 1.29 is 22.7 Å². The van der Waals surface area contributed by atoms with Crippen LogP contribution in [0, 0.1) is 0 Å². The van der Waals surface area contributed by atoms with Gasteiger partial charge in [0.2, 0.25) is 10.0 Å². The number of ether oxygens (including phenoxy) is 2. The van der Waals surface area contributed by atoms with Gasteiger partial charge >= 0.3 is 6.09 Å². The minimum atomic E-state index is -3.64. The maximum absolute atomic E-state index is 13.1. The summed E-state index contributed by atoms with van der Waals surface area (Å²) in [7, 11) is -3.64. The van der Waals surface area contributed by atoms with Crippen LogP contribution in [0.2, 0.25) is 0 Å². The summed E-state index contributed by atoms with van der Waals surface area (Å²) in [5.41, 5.74) is -0.594. The van der Waals surface area contributed by atoms with Crippen molar-refractivity contribution in [3.8, 4) is 0 Å². The van der Waals surface area contributed by atoms with E-state index in [1.807, 2.05) is 30.3 Å². The second-order valence-corrected chi connectivity index (χ2v) is 9.69. The fourth-order valence-electron chi connectivity index (χ4n) is 3.02. The van der Waals surface area contributed by atoms with Crippen LogP contribution in [0.5, 0.6) is 0 Å². The van der Waals surface area contributed by atoms with E-state index in [9.17, 15) is 13.2 Å². The molecule has 0 bridgehead atoms. The van der Waals surface area contributed by atoms with Gasteiger partial charge in [-0.1, -0.05) is 30.3 Å². The standard InChI is InChI=1S/C20H26N2O5S/c1-20(2,3)27-19(23)21-13-17-14-22(10-11-26-17)28(24,25)18-9-8-15-6-4-5-7-16(15)12-18/h4-9,12,17H,10-11,13-14H2,1-3H3,(H,21,23). The van der Waals surface area contributed by atoms with Gasteiger partial charge < -0.3 is 14.8 Å². The minimum Gasteiger partial charge on any atom is -0.444 e. The molecule has 3 rings (SSSR count). The first-order valence-corrected chi connectivity index (χ1v) is 10.7. The van der Waals surface area contributed by atoms with E-state index in [-0.39, 0.29) is 31.1 Å². The van der Waals surface area contributed by atoms with Crippen LogP contribution in [0.4, 0.5) is 4.79 Å². The highest BCUT2D eigenvalue weighted by atomic mass is 32.2. The maximum Gasteiger partial charge on any atom is 0.407 e. The third-order valence-corrected chi connectivity index (χ3v) is 6.19. The van der Waals surface area contributed by atoms with Crippen molar-refractivity contribution in [3.05, 3.63) is 42.5 Å². The Morgan fingerprint density at radius 1 is 1.21 bits per heavy atom. The molecular weight excluding hydrogens is 380 g/mol. The molecule has 0 aliphatic carbocycles. The van der Waals surface area contributed by atoms with E-state index in [0.29, 0.717) is 0 Å². The van der Waals surface area contributed by atoms with Gasteiger partial charge in [-0.25, -0.2) is 13.2 Å². The Labute approximate surface area is 165 Å². The highest BCUT2D eigenvalue weighted by Gasteiger charge is 2.31. The maximum atomic E-state index is 13.1. The van der Waals surface area contributed by atoms with Crippen molar-refractivity contribution in [2.45, 2.75) is 37.4 Å². The summed E-state index contributed by atoms with van der Waals surface area (Å²) in [6.07, 6.45) is -0.984. The molecule has 1 heterocycles. The lowest BCUT2D eigenvalue weighted by Crippen LogP contribution is -2.49. The zero-order valence-corrected chi connectivity index (χ0v) is 17.2. The Kier molecular flexibility index (Phi) is 5.92. The monoisotopic (exact) mass is 406 g/mol. The zero-order chi connectivity index (χ0) is 20.4. The van der Waals surface area contributed by atoms with Crippen LogP contribution < -0.4 is 5.32 Å². The fourth-order valence-corrected chi connectivity index (χ4v) is 4.51. The third-order valence-electron chi connectivity index (χ3n) is 4.33. The Balaban J connectivity index is 1.67. The molecule has 1 atom stereocenters. The summed E-state index contributed by atoms with van der Waals surface area (Å²) in [5, 5.41) is 4.50. The summed E-state index contributed by atoms with van der Waals surface area (Å²) in [5.74, 6) is 0. The third kappa shape index (κ3) is 5.01. The molecule has 1 fully saturated rings. The van der Waals surface area contributed by atoms with Crippen molar-refractivity contribution in [3.63, 3.8) is 0 Å². The molecule has 1 saturated heterocycles. The quantitative estimate of drug-likeness (QED) is 0.844. The molecule has 0 spiro atoms. The van der Waals surface area contributed by atoms with Gasteiger partial charge in [-0.3, -0.25) is 0 Å². The number of carbonyl (C=O) groups excluding carboxylic acids is 1. The first-order valence-electron chi connectivity index (χ1n) is 9.22. The number of alkyl carbamates (subject to hydrolysis) is 1. The Morgan fingerprint density at radius 3 is 2.64 bits per heavy atom. The first-order chi connectivity index (χ1) is 13.1. The van der Waals surface area contributed by atoms with Gasteiger partial charge in [0.25, 0.3) is 0 Å². The lowest BCUT2D eigenvalue weighted by molar-refractivity contribution is -0.00357. The number of carbonyl (C=O) groups is 1. The molecule has 0 radical (unpaired) electrons. The second kappa shape index (κ2) is 8.06. The number of hydrogen-bond donors (Lipinski definition) is 1. The molecular formula is C20H26N2O5S. The normalized spacial score (nSPS) is 18.8. The number of amides is 1. The van der Waals surface area contributed by atoms with Gasteiger partial charge in [0.05, 0.1) is 17.6 Å². The molecule has 2 aromatic carbocycles. The number of benzene rings is 2. The Bertz CT molecular complexity index is 952. The molecule has 1 unspecified atom stereocenters. The number of rotatable bonds is 4. The molecule has 1 aliphatic rings. The van der Waals surface area contributed by atoms with E-state index in [4.69, 9.17) is 9.47 Å². The van der Waals surface area contributed by atoms with Crippen LogP contribution in [0.25, 0.3) is 10.8 Å². The van der Waals surface area contributed by atoms with Crippen molar-refractivity contribution in [1.29, 1.82) is 0 Å². The predicted octanol–water partition coefficient (Wildman–Crippen LogP) is 2.75. The van der Waals surface area contributed by atoms with E-state index in [0.717, 1.165) is 10.8 Å². The molecule has 0 aromatic heterocycles. The lowest BCUT2D eigenvalue weighted by Gasteiger charge is -2.32. The van der Waals surface area contributed by atoms with E-state index >= 15 is 0 Å². The average Bonchev–Trinajstić information content (AvgIpc) is 2.65. The van der Waals surface area contributed by atoms with Crippen molar-refractivity contribution >= 4 is 26.9 Å². The molecule has 28 heavy (non-hydrogen) atoms. The number of fused-ring (bicyclic) bond motifs is 1. The number of morpholine rings is 1. The minimum absolute atomic E-state index is 0.172. The highest BCUT2D eigenvalue weighted by molar-refractivity contribution is 7.89. The number of nitrogens with zero attached hydrogens (tertiary/aromatic N) is 1. The van der Waals surface area contributed by atoms with Crippen LogP contribution in [-0.4, -0.2) is 56.8 Å². The molecule has 0 saturated carbocycles. The molecule has 8 heteroatoms. The van der Waals surface area contributed by atoms with Crippen LogP contribution in [0.1, 0.15) is 20.8 Å². The molecule has 1 N–H and O–H groups in total. The largest absolute Gasteiger partial charge is 0.444 e. The van der Waals surface area contributed by atoms with Gasteiger partial charge in [-0.2, -0.15) is 4.31 Å². The van der Waals surface area contributed by atoms with Gasteiger partial charge in [-0.15, -0.1) is 0 Å².